The summed E-state index contributed by atoms with van der Waals surface area (Å²) in [5.74, 6) is -0.0687. The van der Waals surface area contributed by atoms with E-state index in [1.807, 2.05) is 34.7 Å². The topological polar surface area (TPSA) is 79.0 Å². The van der Waals surface area contributed by atoms with Crippen LogP contribution in [-0.4, -0.2) is 79.4 Å². The number of nitrogens with one attached hydrogen (secondary N) is 1. The molecule has 0 aromatic heterocycles. The standard InChI is InChI=1S/C25H49N3O4/c1-12-14-27(9)22(17(5)6)24(30)26-21(16(3)4)25(31)28(10)23(18(7)13-2)20(32-11)15-19(8)29/h16-18,20-23H,12-15H2,1-11H3,(H,26,30)/t18-,20+,21-,22-,23-/m0/s1. The van der Waals surface area contributed by atoms with Gasteiger partial charge in [0, 0.05) is 20.6 Å². The predicted molar refractivity (Wildman–Crippen MR) is 130 cm³/mol. The van der Waals surface area contributed by atoms with Crippen molar-refractivity contribution in [3.05, 3.63) is 0 Å². The molecule has 0 spiro atoms. The van der Waals surface area contributed by atoms with Crippen molar-refractivity contribution in [1.29, 1.82) is 0 Å². The van der Waals surface area contributed by atoms with Gasteiger partial charge in [0.05, 0.1) is 18.2 Å². The average Bonchev–Trinajstić information content (AvgIpc) is 2.69. The minimum atomic E-state index is -0.648. The first-order chi connectivity index (χ1) is 14.8. The molecule has 0 saturated carbocycles. The number of rotatable bonds is 15. The number of ketones is 1. The van der Waals surface area contributed by atoms with Crippen molar-refractivity contribution in [2.45, 2.75) is 98.9 Å². The van der Waals surface area contributed by atoms with E-state index in [-0.39, 0.29) is 60.0 Å². The Kier molecular flexibility index (Phi) is 14.0. The Balaban J connectivity index is 5.85. The molecule has 0 saturated heterocycles. The second-order valence-electron chi connectivity index (χ2n) is 9.91. The van der Waals surface area contributed by atoms with Crippen molar-refractivity contribution in [2.24, 2.45) is 17.8 Å². The van der Waals surface area contributed by atoms with Crippen molar-refractivity contribution in [1.82, 2.24) is 15.1 Å². The van der Waals surface area contributed by atoms with E-state index < -0.39 is 6.04 Å². The van der Waals surface area contributed by atoms with Gasteiger partial charge in [-0.05, 0) is 44.7 Å². The van der Waals surface area contributed by atoms with Gasteiger partial charge in [0.15, 0.2) is 0 Å². The Morgan fingerprint density at radius 1 is 0.969 bits per heavy atom. The van der Waals surface area contributed by atoms with Gasteiger partial charge in [-0.3, -0.25) is 19.3 Å². The smallest absolute Gasteiger partial charge is 0.245 e. The van der Waals surface area contributed by atoms with Crippen molar-refractivity contribution < 1.29 is 19.1 Å². The van der Waals surface area contributed by atoms with Crippen molar-refractivity contribution in [3.63, 3.8) is 0 Å². The maximum absolute atomic E-state index is 13.6. The van der Waals surface area contributed by atoms with E-state index in [0.717, 1.165) is 19.4 Å². The Morgan fingerprint density at radius 3 is 1.91 bits per heavy atom. The number of carbonyl (C=O) groups excluding carboxylic acids is 3. The molecule has 0 rings (SSSR count). The summed E-state index contributed by atoms with van der Waals surface area (Å²) in [5.41, 5.74) is 0. The molecular formula is C25H49N3O4. The predicted octanol–water partition coefficient (Wildman–Crippen LogP) is 3.36. The molecule has 5 atom stereocenters. The molecular weight excluding hydrogens is 406 g/mol. The van der Waals surface area contributed by atoms with E-state index in [2.05, 4.69) is 31.0 Å². The number of amides is 2. The quantitative estimate of drug-likeness (QED) is 0.410. The van der Waals surface area contributed by atoms with Gasteiger partial charge in [-0.15, -0.1) is 0 Å². The van der Waals surface area contributed by atoms with Gasteiger partial charge < -0.3 is 15.0 Å². The molecule has 0 heterocycles. The highest BCUT2D eigenvalue weighted by Gasteiger charge is 2.38. The summed E-state index contributed by atoms with van der Waals surface area (Å²) >= 11 is 0. The van der Waals surface area contributed by atoms with E-state index in [1.165, 1.54) is 6.92 Å². The third kappa shape index (κ3) is 8.81. The number of carbonyl (C=O) groups is 3. The summed E-state index contributed by atoms with van der Waals surface area (Å²) in [4.78, 5) is 42.4. The molecule has 0 aliphatic heterocycles. The first kappa shape index (κ1) is 30.5. The normalized spacial score (nSPS) is 16.6. The molecule has 0 radical (unpaired) electrons. The molecule has 1 N–H and O–H groups in total. The Morgan fingerprint density at radius 2 is 1.53 bits per heavy atom. The first-order valence-electron chi connectivity index (χ1n) is 12.1. The van der Waals surface area contributed by atoms with Crippen LogP contribution in [0.3, 0.4) is 0 Å². The summed E-state index contributed by atoms with van der Waals surface area (Å²) in [5, 5.41) is 3.05. The highest BCUT2D eigenvalue weighted by Crippen LogP contribution is 2.23. The molecule has 2 amide bonds. The van der Waals surface area contributed by atoms with Gasteiger partial charge in [-0.25, -0.2) is 0 Å². The number of Topliss-reactive ketones (excluding diaryl/α,β-unsaturated/α-hetero) is 1. The lowest BCUT2D eigenvalue weighted by Gasteiger charge is -2.40. The number of methoxy groups -OCH3 is 1. The average molecular weight is 456 g/mol. The zero-order chi connectivity index (χ0) is 25.2. The molecule has 0 fully saturated rings. The molecule has 7 nitrogen and oxygen atoms in total. The lowest BCUT2D eigenvalue weighted by molar-refractivity contribution is -0.144. The minimum Gasteiger partial charge on any atom is -0.379 e. The van der Waals surface area contributed by atoms with Gasteiger partial charge in [0.25, 0.3) is 0 Å². The van der Waals surface area contributed by atoms with E-state index in [0.29, 0.717) is 0 Å². The second-order valence-corrected chi connectivity index (χ2v) is 9.91. The van der Waals surface area contributed by atoms with Crippen molar-refractivity contribution in [3.8, 4) is 0 Å². The van der Waals surface area contributed by atoms with Crippen LogP contribution in [0, 0.1) is 17.8 Å². The summed E-state index contributed by atoms with van der Waals surface area (Å²) < 4.78 is 5.66. The molecule has 0 aliphatic rings. The number of hydrogen-bond donors (Lipinski definition) is 1. The third-order valence-electron chi connectivity index (χ3n) is 6.38. The number of nitrogens with zero attached hydrogens (tertiary/aromatic N) is 2. The molecule has 0 aromatic carbocycles. The number of likely N-dealkylation sites (N-methyl/N-ethyl adjacent to an activating group) is 2. The van der Waals surface area contributed by atoms with E-state index in [4.69, 9.17) is 4.74 Å². The fourth-order valence-electron chi connectivity index (χ4n) is 4.49. The van der Waals surface area contributed by atoms with Crippen LogP contribution in [0.2, 0.25) is 0 Å². The van der Waals surface area contributed by atoms with Gasteiger partial charge in [0.2, 0.25) is 11.8 Å². The fraction of sp³-hybridized carbons (Fsp3) is 0.880. The molecule has 32 heavy (non-hydrogen) atoms. The Labute approximate surface area is 196 Å². The van der Waals surface area contributed by atoms with Gasteiger partial charge in [-0.1, -0.05) is 54.9 Å². The van der Waals surface area contributed by atoms with Crippen molar-refractivity contribution >= 4 is 17.6 Å². The summed E-state index contributed by atoms with van der Waals surface area (Å²) in [6.45, 7) is 16.5. The first-order valence-corrected chi connectivity index (χ1v) is 12.1. The minimum absolute atomic E-state index is 0.0263. The van der Waals surface area contributed by atoms with Gasteiger partial charge in [-0.2, -0.15) is 0 Å². The highest BCUT2D eigenvalue weighted by molar-refractivity contribution is 5.90. The van der Waals surface area contributed by atoms with E-state index >= 15 is 0 Å². The number of ether oxygens (including phenoxy) is 1. The molecule has 0 bridgehead atoms. The molecule has 188 valence electrons. The second kappa shape index (κ2) is 14.6. The maximum Gasteiger partial charge on any atom is 0.245 e. The third-order valence-corrected chi connectivity index (χ3v) is 6.38. The SMILES string of the molecule is CCCN(C)[C@H](C(=O)N[C@H](C(=O)N(C)[C@@H]([C@@H](C)CC)[C@@H](CC(C)=O)OC)C(C)C)C(C)C. The zero-order valence-electron chi connectivity index (χ0n) is 22.4. The van der Waals surface area contributed by atoms with E-state index in [9.17, 15) is 14.4 Å². The highest BCUT2D eigenvalue weighted by atomic mass is 16.5. The largest absolute Gasteiger partial charge is 0.379 e. The zero-order valence-corrected chi connectivity index (χ0v) is 22.4. The lowest BCUT2D eigenvalue weighted by atomic mass is 9.89. The van der Waals surface area contributed by atoms with Crippen LogP contribution in [0.4, 0.5) is 0 Å². The molecule has 7 heteroatoms. The molecule has 0 unspecified atom stereocenters. The van der Waals surface area contributed by atoms with Gasteiger partial charge in [0.1, 0.15) is 11.8 Å². The fourth-order valence-corrected chi connectivity index (χ4v) is 4.49. The summed E-state index contributed by atoms with van der Waals surface area (Å²) in [7, 11) is 5.30. The van der Waals surface area contributed by atoms with Crippen LogP contribution in [0.1, 0.15) is 74.7 Å². The monoisotopic (exact) mass is 455 g/mol. The van der Waals surface area contributed by atoms with Crippen LogP contribution in [0.5, 0.6) is 0 Å². The summed E-state index contributed by atoms with van der Waals surface area (Å²) in [6.07, 6.45) is 1.65. The van der Waals surface area contributed by atoms with Crippen LogP contribution in [0.15, 0.2) is 0 Å². The van der Waals surface area contributed by atoms with Crippen molar-refractivity contribution in [2.75, 3.05) is 27.7 Å². The van der Waals surface area contributed by atoms with Crippen LogP contribution in [0.25, 0.3) is 0 Å². The Hall–Kier alpha value is -1.47. The van der Waals surface area contributed by atoms with Crippen LogP contribution >= 0.6 is 0 Å². The number of hydrogen-bond acceptors (Lipinski definition) is 5. The lowest BCUT2D eigenvalue weighted by Crippen LogP contribution is -2.59. The molecule has 0 aliphatic carbocycles. The Bertz CT molecular complexity index is 594. The van der Waals surface area contributed by atoms with Gasteiger partial charge >= 0.3 is 0 Å². The maximum atomic E-state index is 13.6. The molecule has 0 aromatic rings. The summed E-state index contributed by atoms with van der Waals surface area (Å²) in [6, 6.07) is -1.21. The van der Waals surface area contributed by atoms with E-state index in [1.54, 1.807) is 19.1 Å². The van der Waals surface area contributed by atoms with Crippen LogP contribution in [-0.2, 0) is 19.1 Å². The van der Waals surface area contributed by atoms with Crippen LogP contribution < -0.4 is 5.32 Å².